The minimum atomic E-state index is -1.45. The number of carbonyl (C=O) groups excluding carboxylic acids is 1. The van der Waals surface area contributed by atoms with Crippen LogP contribution in [0.1, 0.15) is 25.1 Å². The van der Waals surface area contributed by atoms with Crippen molar-refractivity contribution >= 4 is 22.6 Å². The Kier molecular flexibility index (Phi) is 8.09. The number of aliphatic hydroxyl groups is 2. The Bertz CT molecular complexity index is 1420. The van der Waals surface area contributed by atoms with Gasteiger partial charge >= 0.3 is 5.63 Å². The van der Waals surface area contributed by atoms with Gasteiger partial charge in [0.2, 0.25) is 12.0 Å². The fourth-order valence-corrected chi connectivity index (χ4v) is 4.43. The van der Waals surface area contributed by atoms with Crippen LogP contribution in [0.3, 0.4) is 0 Å². The van der Waals surface area contributed by atoms with Gasteiger partial charge in [-0.2, -0.15) is 4.73 Å². The zero-order chi connectivity index (χ0) is 28.5. The molecular formula is C26H30N2O11. The van der Waals surface area contributed by atoms with E-state index in [1.54, 1.807) is 32.9 Å². The first kappa shape index (κ1) is 28.3. The second-order valence-electron chi connectivity index (χ2n) is 9.58. The lowest BCUT2D eigenvalue weighted by Crippen LogP contribution is -2.63. The summed E-state index contributed by atoms with van der Waals surface area (Å²) in [6, 6.07) is 7.60. The first-order valence-corrected chi connectivity index (χ1v) is 12.0. The maximum absolute atomic E-state index is 12.7. The summed E-state index contributed by atoms with van der Waals surface area (Å²) in [5.41, 5.74) is -1.94. The van der Waals surface area contributed by atoms with E-state index >= 15 is 0 Å². The number of aryl methyl sites for hydroxylation is 1. The molecule has 210 valence electrons. The lowest BCUT2D eigenvalue weighted by atomic mass is 9.89. The Hall–Kier alpha value is -3.75. The number of aliphatic hydroxyl groups excluding tert-OH is 2. The summed E-state index contributed by atoms with van der Waals surface area (Å²) in [5.74, 6) is -1.12. The molecule has 3 heterocycles. The predicted octanol–water partition coefficient (Wildman–Crippen LogP) is 0.846. The first-order valence-electron chi connectivity index (χ1n) is 12.0. The molecule has 2 aromatic heterocycles. The van der Waals surface area contributed by atoms with Gasteiger partial charge in [-0.25, -0.2) is 4.79 Å². The van der Waals surface area contributed by atoms with Crippen molar-refractivity contribution in [1.29, 1.82) is 0 Å². The van der Waals surface area contributed by atoms with Crippen LogP contribution >= 0.6 is 0 Å². The minimum Gasteiger partial charge on any atom is -0.618 e. The van der Waals surface area contributed by atoms with E-state index in [1.807, 2.05) is 0 Å². The molecule has 1 aliphatic heterocycles. The molecule has 0 saturated carbocycles. The lowest BCUT2D eigenvalue weighted by molar-refractivity contribution is -0.616. The van der Waals surface area contributed by atoms with Crippen LogP contribution in [0, 0.1) is 12.1 Å². The van der Waals surface area contributed by atoms with Gasteiger partial charge in [-0.05, 0) is 39.0 Å². The molecular weight excluding hydrogens is 516 g/mol. The molecule has 0 unspecified atom stereocenters. The number of hydrogen-bond acceptors (Lipinski definition) is 11. The normalized spacial score (nSPS) is 22.5. The monoisotopic (exact) mass is 546 g/mol. The van der Waals surface area contributed by atoms with Gasteiger partial charge in [-0.15, -0.1) is 0 Å². The van der Waals surface area contributed by atoms with Gasteiger partial charge in [0.25, 0.3) is 5.91 Å². The molecule has 0 bridgehead atoms. The number of carbonyl (C=O) groups is 1. The van der Waals surface area contributed by atoms with Gasteiger partial charge in [-0.1, -0.05) is 0 Å². The van der Waals surface area contributed by atoms with Crippen LogP contribution in [0.15, 0.2) is 45.7 Å². The maximum atomic E-state index is 12.7. The Morgan fingerprint density at radius 3 is 2.64 bits per heavy atom. The van der Waals surface area contributed by atoms with Crippen molar-refractivity contribution in [1.82, 2.24) is 0 Å². The second-order valence-corrected chi connectivity index (χ2v) is 9.58. The molecule has 1 aromatic carbocycles. The van der Waals surface area contributed by atoms with Gasteiger partial charge < -0.3 is 49.2 Å². The summed E-state index contributed by atoms with van der Waals surface area (Å²) < 4.78 is 28.1. The third-order valence-corrected chi connectivity index (χ3v) is 6.44. The Labute approximate surface area is 222 Å². The SMILES string of the molecule is CO[C@@H]1[C@@H](O)[C@@H](O)[C@H](Oc2ccc3c(O)c(NC(=O)COCc4cccc[n+]4[O-])c(=O)oc3c2C)OC1(C)C. The molecule has 13 nitrogen and oxygen atoms in total. The molecule has 1 fully saturated rings. The molecule has 1 aliphatic rings. The Morgan fingerprint density at radius 2 is 1.95 bits per heavy atom. The van der Waals surface area contributed by atoms with Crippen LogP contribution in [0.5, 0.6) is 11.5 Å². The van der Waals surface area contributed by atoms with Crippen molar-refractivity contribution in [2.24, 2.45) is 0 Å². The highest BCUT2D eigenvalue weighted by Crippen LogP contribution is 2.37. The number of benzene rings is 1. The quantitative estimate of drug-likeness (QED) is 0.178. The predicted molar refractivity (Wildman–Crippen MR) is 135 cm³/mol. The van der Waals surface area contributed by atoms with E-state index in [9.17, 15) is 30.1 Å². The zero-order valence-electron chi connectivity index (χ0n) is 21.7. The molecule has 1 saturated heterocycles. The van der Waals surface area contributed by atoms with Crippen LogP contribution in [-0.4, -0.2) is 65.1 Å². The van der Waals surface area contributed by atoms with Crippen molar-refractivity contribution in [2.45, 2.75) is 57.6 Å². The molecule has 4 rings (SSSR count). The van der Waals surface area contributed by atoms with E-state index < -0.39 is 59.8 Å². The smallest absolute Gasteiger partial charge is 0.364 e. The number of nitrogens with one attached hydrogen (secondary N) is 1. The summed E-state index contributed by atoms with van der Waals surface area (Å²) in [7, 11) is 1.39. The number of ether oxygens (including phenoxy) is 4. The number of nitrogens with zero attached hydrogens (tertiary/aromatic N) is 1. The van der Waals surface area contributed by atoms with Gasteiger partial charge in [0.1, 0.15) is 42.9 Å². The molecule has 3 aromatic rings. The van der Waals surface area contributed by atoms with Crippen molar-refractivity contribution in [3.8, 4) is 11.5 Å². The highest BCUT2D eigenvalue weighted by molar-refractivity contribution is 5.98. The van der Waals surface area contributed by atoms with E-state index in [2.05, 4.69) is 5.32 Å². The average Bonchev–Trinajstić information content (AvgIpc) is 2.88. The molecule has 4 atom stereocenters. The summed E-state index contributed by atoms with van der Waals surface area (Å²) >= 11 is 0. The van der Waals surface area contributed by atoms with Crippen LogP contribution < -0.4 is 20.4 Å². The highest BCUT2D eigenvalue weighted by Gasteiger charge is 2.50. The van der Waals surface area contributed by atoms with Crippen LogP contribution in [0.25, 0.3) is 11.0 Å². The number of anilines is 1. The van der Waals surface area contributed by atoms with Gasteiger partial charge in [-0.3, -0.25) is 4.79 Å². The topological polar surface area (TPSA) is 184 Å². The number of rotatable bonds is 8. The molecule has 0 spiro atoms. The third kappa shape index (κ3) is 5.67. The van der Waals surface area contributed by atoms with E-state index in [1.165, 1.54) is 31.5 Å². The van der Waals surface area contributed by atoms with E-state index in [0.717, 1.165) is 0 Å². The van der Waals surface area contributed by atoms with Gasteiger partial charge in [0.15, 0.2) is 17.6 Å². The van der Waals surface area contributed by atoms with Crippen molar-refractivity contribution in [3.05, 3.63) is 63.4 Å². The van der Waals surface area contributed by atoms with Gasteiger partial charge in [0.05, 0.1) is 11.0 Å². The number of methoxy groups -OCH3 is 1. The number of aromatic nitrogens is 1. The molecule has 13 heteroatoms. The van der Waals surface area contributed by atoms with Crippen LogP contribution in [0.4, 0.5) is 5.69 Å². The average molecular weight is 547 g/mol. The summed E-state index contributed by atoms with van der Waals surface area (Å²) in [6.45, 7) is 4.29. The molecule has 1 amide bonds. The van der Waals surface area contributed by atoms with Gasteiger partial charge in [0, 0.05) is 24.8 Å². The zero-order valence-corrected chi connectivity index (χ0v) is 21.7. The number of fused-ring (bicyclic) bond motifs is 1. The van der Waals surface area contributed by atoms with E-state index in [-0.39, 0.29) is 29.0 Å². The number of hydrogen-bond donors (Lipinski definition) is 4. The first-order chi connectivity index (χ1) is 18.4. The van der Waals surface area contributed by atoms with Crippen LogP contribution in [-0.2, 0) is 25.6 Å². The Morgan fingerprint density at radius 1 is 1.21 bits per heavy atom. The minimum absolute atomic E-state index is 0.0202. The summed E-state index contributed by atoms with van der Waals surface area (Å²) in [5, 5.41) is 45.8. The molecule has 0 radical (unpaired) electrons. The lowest BCUT2D eigenvalue weighted by Gasteiger charge is -2.46. The third-order valence-electron chi connectivity index (χ3n) is 6.44. The standard InChI is InChI=1S/C26H30N2O11/c1-13-16(37-25-21(32)20(31)23(35-4)26(2,3)39-25)9-8-15-19(30)18(24(33)38-22(13)15)27-17(29)12-36-11-14-7-5-6-10-28(14)34/h5-10,20-21,23,25,30-32H,11-12H2,1-4H3,(H,27,29)/t20-,21+,23+,25+/m0/s1. The summed E-state index contributed by atoms with van der Waals surface area (Å²) in [6.07, 6.45) is -3.53. The highest BCUT2D eigenvalue weighted by atomic mass is 16.7. The van der Waals surface area contributed by atoms with Crippen molar-refractivity contribution < 1.29 is 48.2 Å². The number of amides is 1. The largest absolute Gasteiger partial charge is 0.618 e. The fourth-order valence-electron chi connectivity index (χ4n) is 4.43. The molecule has 4 N–H and O–H groups in total. The maximum Gasteiger partial charge on any atom is 0.364 e. The summed E-state index contributed by atoms with van der Waals surface area (Å²) in [4.78, 5) is 25.0. The molecule has 39 heavy (non-hydrogen) atoms. The van der Waals surface area contributed by atoms with E-state index in [4.69, 9.17) is 23.4 Å². The van der Waals surface area contributed by atoms with E-state index in [0.29, 0.717) is 10.3 Å². The van der Waals surface area contributed by atoms with Crippen molar-refractivity contribution in [2.75, 3.05) is 19.0 Å². The van der Waals surface area contributed by atoms with Crippen LogP contribution in [0.2, 0.25) is 0 Å². The van der Waals surface area contributed by atoms with Crippen molar-refractivity contribution in [3.63, 3.8) is 0 Å². The Balaban J connectivity index is 1.51. The fraction of sp³-hybridized carbons (Fsp3) is 0.423. The molecule has 0 aliphatic carbocycles. The number of pyridine rings is 1. The number of aromatic hydroxyl groups is 1. The second kappa shape index (κ2) is 11.2.